The molecule has 0 aliphatic carbocycles. The van der Waals surface area contributed by atoms with E-state index in [1.165, 1.54) is 0 Å². The summed E-state index contributed by atoms with van der Waals surface area (Å²) in [5.74, 6) is 2.13. The van der Waals surface area contributed by atoms with Crippen LogP contribution >= 0.6 is 0 Å². The third-order valence-electron chi connectivity index (χ3n) is 2.91. The molecule has 0 amide bonds. The number of nitrogens with zero attached hydrogens (tertiary/aromatic N) is 3. The maximum absolute atomic E-state index is 5.91. The Bertz CT molecular complexity index is 537. The first-order valence-electron chi connectivity index (χ1n) is 6.06. The third-order valence-corrected chi connectivity index (χ3v) is 2.91. The Morgan fingerprint density at radius 3 is 2.39 bits per heavy atom. The van der Waals surface area contributed by atoms with Gasteiger partial charge < -0.3 is 10.6 Å². The highest BCUT2D eigenvalue weighted by atomic mass is 15.2. The molecule has 0 spiro atoms. The summed E-state index contributed by atoms with van der Waals surface area (Å²) in [6.45, 7) is 6.74. The van der Waals surface area contributed by atoms with Crippen molar-refractivity contribution in [3.8, 4) is 0 Å². The van der Waals surface area contributed by atoms with Crippen molar-refractivity contribution in [1.82, 2.24) is 9.97 Å². The molecule has 0 saturated carbocycles. The second kappa shape index (κ2) is 5.04. The molecule has 0 aliphatic heterocycles. The average molecular weight is 242 g/mol. The summed E-state index contributed by atoms with van der Waals surface area (Å²) in [5.41, 5.74) is 7.95. The van der Waals surface area contributed by atoms with Crippen LogP contribution in [0.2, 0.25) is 0 Å². The van der Waals surface area contributed by atoms with Crippen LogP contribution in [-0.4, -0.2) is 16.5 Å². The number of aromatic nitrogens is 2. The van der Waals surface area contributed by atoms with Crippen molar-refractivity contribution in [2.75, 3.05) is 17.2 Å². The second-order valence-electron chi connectivity index (χ2n) is 4.18. The van der Waals surface area contributed by atoms with E-state index in [-0.39, 0.29) is 0 Å². The number of hydrogen-bond donors (Lipinski definition) is 1. The van der Waals surface area contributed by atoms with Crippen LogP contribution in [-0.2, 0) is 0 Å². The first-order chi connectivity index (χ1) is 8.63. The van der Waals surface area contributed by atoms with Crippen LogP contribution in [0.15, 0.2) is 30.3 Å². The molecule has 0 unspecified atom stereocenters. The monoisotopic (exact) mass is 242 g/mol. The Morgan fingerprint density at radius 1 is 1.11 bits per heavy atom. The van der Waals surface area contributed by atoms with E-state index in [0.717, 1.165) is 23.6 Å². The molecule has 0 fully saturated rings. The minimum absolute atomic E-state index is 0.548. The van der Waals surface area contributed by atoms with E-state index >= 15 is 0 Å². The lowest BCUT2D eigenvalue weighted by Crippen LogP contribution is -2.20. The van der Waals surface area contributed by atoms with Gasteiger partial charge in [0, 0.05) is 17.8 Å². The van der Waals surface area contributed by atoms with Crippen molar-refractivity contribution < 1.29 is 0 Å². The van der Waals surface area contributed by atoms with Crippen LogP contribution in [0.1, 0.15) is 18.3 Å². The summed E-state index contributed by atoms with van der Waals surface area (Å²) in [7, 11) is 0. The number of para-hydroxylation sites is 1. The van der Waals surface area contributed by atoms with Crippen molar-refractivity contribution in [3.63, 3.8) is 0 Å². The van der Waals surface area contributed by atoms with Gasteiger partial charge >= 0.3 is 0 Å². The van der Waals surface area contributed by atoms with Gasteiger partial charge in [0.2, 0.25) is 0 Å². The summed E-state index contributed by atoms with van der Waals surface area (Å²) >= 11 is 0. The SMILES string of the molecule is CCN(c1ccccc1)c1nc(C)nc(N)c1C. The standard InChI is InChI=1S/C14H18N4/c1-4-18(12-8-6-5-7-9-12)14-10(2)13(15)16-11(3)17-14/h5-9H,4H2,1-3H3,(H2,15,16,17). The van der Waals surface area contributed by atoms with E-state index < -0.39 is 0 Å². The molecular weight excluding hydrogens is 224 g/mol. The van der Waals surface area contributed by atoms with Gasteiger partial charge in [0.05, 0.1) is 0 Å². The second-order valence-corrected chi connectivity index (χ2v) is 4.18. The number of hydrogen-bond acceptors (Lipinski definition) is 4. The fourth-order valence-electron chi connectivity index (χ4n) is 1.96. The minimum atomic E-state index is 0.548. The molecule has 1 heterocycles. The van der Waals surface area contributed by atoms with E-state index in [4.69, 9.17) is 5.73 Å². The summed E-state index contributed by atoms with van der Waals surface area (Å²) in [6.07, 6.45) is 0. The molecule has 0 bridgehead atoms. The number of anilines is 3. The van der Waals surface area contributed by atoms with Crippen molar-refractivity contribution >= 4 is 17.3 Å². The maximum atomic E-state index is 5.91. The molecule has 2 rings (SSSR count). The highest BCUT2D eigenvalue weighted by Crippen LogP contribution is 2.28. The molecule has 4 heteroatoms. The van der Waals surface area contributed by atoms with E-state index in [2.05, 4.69) is 33.9 Å². The highest BCUT2D eigenvalue weighted by molar-refractivity contribution is 5.66. The number of rotatable bonds is 3. The molecule has 94 valence electrons. The molecular formula is C14H18N4. The molecule has 0 atom stereocenters. The third kappa shape index (κ3) is 2.27. The molecule has 4 nitrogen and oxygen atoms in total. The Balaban J connectivity index is 2.52. The summed E-state index contributed by atoms with van der Waals surface area (Å²) in [5, 5.41) is 0. The number of benzene rings is 1. The predicted octanol–water partition coefficient (Wildman–Crippen LogP) is 2.83. The van der Waals surface area contributed by atoms with Gasteiger partial charge in [0.15, 0.2) is 0 Å². The molecule has 0 radical (unpaired) electrons. The fraction of sp³-hybridized carbons (Fsp3) is 0.286. The van der Waals surface area contributed by atoms with E-state index in [9.17, 15) is 0 Å². The Kier molecular flexibility index (Phi) is 3.46. The smallest absolute Gasteiger partial charge is 0.141 e. The Labute approximate surface area is 107 Å². The highest BCUT2D eigenvalue weighted by Gasteiger charge is 2.14. The quantitative estimate of drug-likeness (QED) is 0.899. The first-order valence-corrected chi connectivity index (χ1v) is 6.06. The molecule has 2 N–H and O–H groups in total. The molecule has 1 aromatic carbocycles. The Hall–Kier alpha value is -2.10. The van der Waals surface area contributed by atoms with Gasteiger partial charge in [-0.05, 0) is 32.9 Å². The normalized spacial score (nSPS) is 10.4. The topological polar surface area (TPSA) is 55.0 Å². The predicted molar refractivity (Wildman–Crippen MR) is 75.0 cm³/mol. The fourth-order valence-corrected chi connectivity index (χ4v) is 1.96. The lowest BCUT2D eigenvalue weighted by atomic mass is 10.2. The number of nitrogens with two attached hydrogens (primary N) is 1. The molecule has 0 saturated heterocycles. The van der Waals surface area contributed by atoms with Gasteiger partial charge in [0.1, 0.15) is 17.5 Å². The molecule has 0 aliphatic rings. The van der Waals surface area contributed by atoms with E-state index in [0.29, 0.717) is 11.6 Å². The van der Waals surface area contributed by atoms with Crippen LogP contribution in [0.4, 0.5) is 17.3 Å². The first kappa shape index (κ1) is 12.4. The van der Waals surface area contributed by atoms with Crippen LogP contribution in [0, 0.1) is 13.8 Å². The average Bonchev–Trinajstić information content (AvgIpc) is 2.37. The summed E-state index contributed by atoms with van der Waals surface area (Å²) < 4.78 is 0. The lowest BCUT2D eigenvalue weighted by Gasteiger charge is -2.24. The van der Waals surface area contributed by atoms with E-state index in [1.807, 2.05) is 32.0 Å². The Morgan fingerprint density at radius 2 is 1.78 bits per heavy atom. The molecule has 2 aromatic rings. The van der Waals surface area contributed by atoms with Crippen LogP contribution in [0.25, 0.3) is 0 Å². The van der Waals surface area contributed by atoms with Gasteiger partial charge in [-0.25, -0.2) is 9.97 Å². The van der Waals surface area contributed by atoms with E-state index in [1.54, 1.807) is 0 Å². The van der Waals surface area contributed by atoms with Gasteiger partial charge in [0.25, 0.3) is 0 Å². The van der Waals surface area contributed by atoms with Crippen molar-refractivity contribution in [2.24, 2.45) is 0 Å². The molecule has 18 heavy (non-hydrogen) atoms. The van der Waals surface area contributed by atoms with Crippen LogP contribution in [0.5, 0.6) is 0 Å². The number of nitrogen functional groups attached to an aromatic ring is 1. The zero-order chi connectivity index (χ0) is 13.1. The summed E-state index contributed by atoms with van der Waals surface area (Å²) in [4.78, 5) is 10.8. The zero-order valence-electron chi connectivity index (χ0n) is 11.0. The van der Waals surface area contributed by atoms with Crippen molar-refractivity contribution in [1.29, 1.82) is 0 Å². The van der Waals surface area contributed by atoms with Gasteiger partial charge in [-0.2, -0.15) is 0 Å². The molecule has 1 aromatic heterocycles. The maximum Gasteiger partial charge on any atom is 0.141 e. The minimum Gasteiger partial charge on any atom is -0.383 e. The van der Waals surface area contributed by atoms with Crippen molar-refractivity contribution in [2.45, 2.75) is 20.8 Å². The van der Waals surface area contributed by atoms with Gasteiger partial charge in [-0.15, -0.1) is 0 Å². The van der Waals surface area contributed by atoms with Crippen LogP contribution in [0.3, 0.4) is 0 Å². The lowest BCUT2D eigenvalue weighted by molar-refractivity contribution is 0.941. The number of aryl methyl sites for hydroxylation is 1. The summed E-state index contributed by atoms with van der Waals surface area (Å²) in [6, 6.07) is 10.2. The largest absolute Gasteiger partial charge is 0.383 e. The zero-order valence-corrected chi connectivity index (χ0v) is 11.0. The van der Waals surface area contributed by atoms with Crippen LogP contribution < -0.4 is 10.6 Å². The van der Waals surface area contributed by atoms with Gasteiger partial charge in [-0.1, -0.05) is 18.2 Å². The van der Waals surface area contributed by atoms with Gasteiger partial charge in [-0.3, -0.25) is 0 Å². The van der Waals surface area contributed by atoms with Crippen molar-refractivity contribution in [3.05, 3.63) is 41.7 Å².